The van der Waals surface area contributed by atoms with Crippen LogP contribution in [0.3, 0.4) is 0 Å². The van der Waals surface area contributed by atoms with Crippen molar-refractivity contribution in [3.63, 3.8) is 0 Å². The van der Waals surface area contributed by atoms with Crippen molar-refractivity contribution in [2.24, 2.45) is 5.73 Å². The lowest BCUT2D eigenvalue weighted by molar-refractivity contribution is -0.384. The normalized spacial score (nSPS) is 10.6. The minimum atomic E-state index is -0.501. The Labute approximate surface area is 97.6 Å². The van der Waals surface area contributed by atoms with Gasteiger partial charge in [-0.25, -0.2) is 0 Å². The molecule has 1 rings (SSSR count). The minimum absolute atomic E-state index is 0.0535. The second kappa shape index (κ2) is 6.09. The van der Waals surface area contributed by atoms with E-state index in [1.54, 1.807) is 12.2 Å². The molecule has 0 unspecified atom stereocenters. The van der Waals surface area contributed by atoms with Crippen molar-refractivity contribution < 1.29 is 9.66 Å². The molecule has 0 atom stereocenters. The molecular weight excluding hydrogens is 232 g/mol. The van der Waals surface area contributed by atoms with Gasteiger partial charge in [-0.3, -0.25) is 10.1 Å². The quantitative estimate of drug-likeness (QED) is 0.487. The molecule has 86 valence electrons. The molecule has 0 radical (unpaired) electrons. The second-order valence-corrected chi connectivity index (χ2v) is 3.30. The predicted molar refractivity (Wildman–Crippen MR) is 61.8 cm³/mol. The molecule has 0 bridgehead atoms. The van der Waals surface area contributed by atoms with Crippen LogP contribution in [0.4, 0.5) is 5.69 Å². The SMILES string of the molecule is NCC=CCOc1cc([N+](=O)[O-])ccc1Cl. The lowest BCUT2D eigenvalue weighted by Crippen LogP contribution is -1.98. The third-order valence-corrected chi connectivity index (χ3v) is 2.08. The molecule has 0 amide bonds. The van der Waals surface area contributed by atoms with E-state index in [1.165, 1.54) is 18.2 Å². The van der Waals surface area contributed by atoms with Crippen molar-refractivity contribution >= 4 is 17.3 Å². The number of hydrogen-bond acceptors (Lipinski definition) is 4. The largest absolute Gasteiger partial charge is 0.488 e. The van der Waals surface area contributed by atoms with E-state index in [-0.39, 0.29) is 18.0 Å². The van der Waals surface area contributed by atoms with Gasteiger partial charge in [0.1, 0.15) is 12.4 Å². The first-order chi connectivity index (χ1) is 7.65. The highest BCUT2D eigenvalue weighted by Crippen LogP contribution is 2.28. The summed E-state index contributed by atoms with van der Waals surface area (Å²) in [6.45, 7) is 0.699. The lowest BCUT2D eigenvalue weighted by atomic mass is 10.3. The highest BCUT2D eigenvalue weighted by molar-refractivity contribution is 6.32. The lowest BCUT2D eigenvalue weighted by Gasteiger charge is -2.04. The van der Waals surface area contributed by atoms with Crippen molar-refractivity contribution in [2.75, 3.05) is 13.2 Å². The summed E-state index contributed by atoms with van der Waals surface area (Å²) in [5.41, 5.74) is 5.19. The Morgan fingerprint density at radius 3 is 2.88 bits per heavy atom. The number of nitrogens with zero attached hydrogens (tertiary/aromatic N) is 1. The molecule has 1 aromatic rings. The van der Waals surface area contributed by atoms with E-state index in [0.717, 1.165) is 0 Å². The van der Waals surface area contributed by atoms with Crippen molar-refractivity contribution in [3.8, 4) is 5.75 Å². The molecule has 0 saturated carbocycles. The third-order valence-electron chi connectivity index (χ3n) is 1.76. The van der Waals surface area contributed by atoms with E-state index in [2.05, 4.69) is 0 Å². The van der Waals surface area contributed by atoms with Crippen LogP contribution in [0.15, 0.2) is 30.4 Å². The number of nitro groups is 1. The van der Waals surface area contributed by atoms with Crippen molar-refractivity contribution in [3.05, 3.63) is 45.5 Å². The monoisotopic (exact) mass is 242 g/mol. The highest BCUT2D eigenvalue weighted by atomic mass is 35.5. The number of hydrogen-bond donors (Lipinski definition) is 1. The molecule has 0 heterocycles. The number of nitro benzene ring substituents is 1. The molecule has 0 aliphatic carbocycles. The number of benzene rings is 1. The molecule has 0 aromatic heterocycles. The molecule has 6 heteroatoms. The first kappa shape index (κ1) is 12.5. The van der Waals surface area contributed by atoms with Gasteiger partial charge in [0, 0.05) is 12.6 Å². The van der Waals surface area contributed by atoms with Crippen LogP contribution >= 0.6 is 11.6 Å². The minimum Gasteiger partial charge on any atom is -0.488 e. The summed E-state index contributed by atoms with van der Waals surface area (Å²) in [5, 5.41) is 10.9. The van der Waals surface area contributed by atoms with Gasteiger partial charge in [-0.15, -0.1) is 0 Å². The molecule has 0 aliphatic rings. The van der Waals surface area contributed by atoms with Crippen LogP contribution < -0.4 is 10.5 Å². The summed E-state index contributed by atoms with van der Waals surface area (Å²) in [6.07, 6.45) is 3.44. The average Bonchev–Trinajstić information content (AvgIpc) is 2.26. The van der Waals surface area contributed by atoms with Gasteiger partial charge < -0.3 is 10.5 Å². The van der Waals surface area contributed by atoms with Gasteiger partial charge in [0.15, 0.2) is 0 Å². The number of ether oxygens (including phenoxy) is 1. The Hall–Kier alpha value is -1.59. The number of rotatable bonds is 5. The van der Waals surface area contributed by atoms with Gasteiger partial charge in [0.05, 0.1) is 16.0 Å². The maximum absolute atomic E-state index is 10.5. The van der Waals surface area contributed by atoms with Gasteiger partial charge in [-0.05, 0) is 6.07 Å². The Bertz CT molecular complexity index is 407. The Morgan fingerprint density at radius 1 is 1.50 bits per heavy atom. The van der Waals surface area contributed by atoms with Crippen LogP contribution in [0.25, 0.3) is 0 Å². The van der Waals surface area contributed by atoms with E-state index in [4.69, 9.17) is 22.1 Å². The fourth-order valence-corrected chi connectivity index (χ4v) is 1.19. The second-order valence-electron chi connectivity index (χ2n) is 2.89. The van der Waals surface area contributed by atoms with E-state index in [9.17, 15) is 10.1 Å². The fraction of sp³-hybridized carbons (Fsp3) is 0.200. The summed E-state index contributed by atoms with van der Waals surface area (Å²) in [5.74, 6) is 0.289. The summed E-state index contributed by atoms with van der Waals surface area (Å²) in [7, 11) is 0. The van der Waals surface area contributed by atoms with Gasteiger partial charge in [-0.1, -0.05) is 23.8 Å². The molecular formula is C10H11ClN2O3. The molecule has 0 fully saturated rings. The van der Waals surface area contributed by atoms with Gasteiger partial charge in [-0.2, -0.15) is 0 Å². The van der Waals surface area contributed by atoms with Gasteiger partial charge in [0.25, 0.3) is 5.69 Å². The first-order valence-corrected chi connectivity index (χ1v) is 4.94. The van der Waals surface area contributed by atoms with Gasteiger partial charge >= 0.3 is 0 Å². The third kappa shape index (κ3) is 3.52. The van der Waals surface area contributed by atoms with Crippen molar-refractivity contribution in [2.45, 2.75) is 0 Å². The average molecular weight is 243 g/mol. The van der Waals surface area contributed by atoms with Crippen LogP contribution in [-0.4, -0.2) is 18.1 Å². The smallest absolute Gasteiger partial charge is 0.273 e. The maximum atomic E-state index is 10.5. The van der Waals surface area contributed by atoms with E-state index in [0.29, 0.717) is 11.6 Å². The molecule has 1 aromatic carbocycles. The first-order valence-electron chi connectivity index (χ1n) is 4.57. The number of non-ortho nitro benzene ring substituents is 1. The molecule has 0 saturated heterocycles. The number of halogens is 1. The molecule has 2 N–H and O–H groups in total. The summed E-state index contributed by atoms with van der Waals surface area (Å²) in [4.78, 5) is 10.0. The Morgan fingerprint density at radius 2 is 2.25 bits per heavy atom. The van der Waals surface area contributed by atoms with Crippen LogP contribution in [0.1, 0.15) is 0 Å². The standard InChI is InChI=1S/C10H11ClN2O3/c11-9-4-3-8(13(14)15)7-10(9)16-6-2-1-5-12/h1-4,7H,5-6,12H2. The molecule has 0 aliphatic heterocycles. The van der Waals surface area contributed by atoms with E-state index < -0.39 is 4.92 Å². The summed E-state index contributed by atoms with van der Waals surface area (Å²) in [6, 6.07) is 4.05. The Balaban J connectivity index is 2.74. The van der Waals surface area contributed by atoms with E-state index >= 15 is 0 Å². The van der Waals surface area contributed by atoms with Crippen LogP contribution in [0, 0.1) is 10.1 Å². The number of nitrogens with two attached hydrogens (primary N) is 1. The van der Waals surface area contributed by atoms with Crippen LogP contribution in [0.5, 0.6) is 5.75 Å². The van der Waals surface area contributed by atoms with E-state index in [1.807, 2.05) is 0 Å². The highest BCUT2D eigenvalue weighted by Gasteiger charge is 2.09. The summed E-state index contributed by atoms with van der Waals surface area (Å²) >= 11 is 5.82. The van der Waals surface area contributed by atoms with Gasteiger partial charge in [0.2, 0.25) is 0 Å². The van der Waals surface area contributed by atoms with Crippen LogP contribution in [0.2, 0.25) is 5.02 Å². The fourth-order valence-electron chi connectivity index (χ4n) is 1.02. The zero-order valence-corrected chi connectivity index (χ0v) is 9.18. The predicted octanol–water partition coefficient (Wildman–Crippen LogP) is 2.14. The zero-order valence-electron chi connectivity index (χ0n) is 8.43. The van der Waals surface area contributed by atoms with Crippen molar-refractivity contribution in [1.82, 2.24) is 0 Å². The zero-order chi connectivity index (χ0) is 12.0. The van der Waals surface area contributed by atoms with Crippen LogP contribution in [-0.2, 0) is 0 Å². The summed E-state index contributed by atoms with van der Waals surface area (Å²) < 4.78 is 5.25. The molecule has 5 nitrogen and oxygen atoms in total. The molecule has 16 heavy (non-hydrogen) atoms. The van der Waals surface area contributed by atoms with Crippen molar-refractivity contribution in [1.29, 1.82) is 0 Å². The molecule has 0 spiro atoms. The topological polar surface area (TPSA) is 78.4 Å². The Kier molecular flexibility index (Phi) is 4.75. The maximum Gasteiger partial charge on any atom is 0.273 e.